The molecule has 4 nitrogen and oxygen atoms in total. The van der Waals surface area contributed by atoms with E-state index in [0.29, 0.717) is 24.3 Å². The minimum Gasteiger partial charge on any atom is -0.370 e. The summed E-state index contributed by atoms with van der Waals surface area (Å²) in [6.07, 6.45) is 3.69. The second kappa shape index (κ2) is 7.43. The average Bonchev–Trinajstić information content (AvgIpc) is 2.49. The Balaban J connectivity index is 2.03. The van der Waals surface area contributed by atoms with E-state index in [9.17, 15) is 0 Å². The van der Waals surface area contributed by atoms with Crippen molar-refractivity contribution in [2.75, 3.05) is 11.9 Å². The molecule has 0 amide bonds. The van der Waals surface area contributed by atoms with Gasteiger partial charge in [-0.25, -0.2) is 0 Å². The molecule has 3 N–H and O–H groups in total. The minimum atomic E-state index is 0.315. The fourth-order valence-corrected chi connectivity index (χ4v) is 2.20. The van der Waals surface area contributed by atoms with Gasteiger partial charge in [0, 0.05) is 30.5 Å². The topological polar surface area (TPSA) is 63.3 Å². The van der Waals surface area contributed by atoms with Gasteiger partial charge in [-0.3, -0.25) is 9.98 Å². The van der Waals surface area contributed by atoms with Crippen molar-refractivity contribution in [1.82, 2.24) is 4.98 Å². The third kappa shape index (κ3) is 4.60. The number of para-hydroxylation sites is 1. The van der Waals surface area contributed by atoms with Gasteiger partial charge >= 0.3 is 0 Å². The molecule has 0 radical (unpaired) electrons. The summed E-state index contributed by atoms with van der Waals surface area (Å²) in [5.74, 6) is 1.23. The molecule has 110 valence electrons. The first-order valence-electron chi connectivity index (χ1n) is 7.18. The number of aliphatic imine (C=N–C) groups is 1. The van der Waals surface area contributed by atoms with E-state index in [1.165, 1.54) is 5.56 Å². The zero-order valence-corrected chi connectivity index (χ0v) is 12.5. The van der Waals surface area contributed by atoms with Gasteiger partial charge < -0.3 is 11.1 Å². The van der Waals surface area contributed by atoms with Crippen LogP contribution in [0.3, 0.4) is 0 Å². The lowest BCUT2D eigenvalue weighted by Crippen LogP contribution is -2.24. The number of anilines is 1. The van der Waals surface area contributed by atoms with Gasteiger partial charge in [-0.1, -0.05) is 38.1 Å². The van der Waals surface area contributed by atoms with Crippen LogP contribution in [0.2, 0.25) is 0 Å². The number of nitrogens with one attached hydrogen (secondary N) is 1. The standard InChI is InChI=1S/C17H22N4/c1-13(2)16(14-7-6-10-19-11-14)12-20-17(18)21-15-8-4-3-5-9-15/h3-11,13,16H,12H2,1-2H3,(H3,18,20,21). The van der Waals surface area contributed by atoms with Crippen LogP contribution in [-0.4, -0.2) is 17.5 Å². The predicted octanol–water partition coefficient (Wildman–Crippen LogP) is 3.25. The lowest BCUT2D eigenvalue weighted by atomic mass is 9.89. The second-order valence-electron chi connectivity index (χ2n) is 5.35. The Bertz CT molecular complexity index is 564. The van der Waals surface area contributed by atoms with E-state index >= 15 is 0 Å². The van der Waals surface area contributed by atoms with E-state index in [-0.39, 0.29) is 0 Å². The third-order valence-electron chi connectivity index (χ3n) is 3.42. The fraction of sp³-hybridized carbons (Fsp3) is 0.294. The molecule has 1 unspecified atom stereocenters. The predicted molar refractivity (Wildman–Crippen MR) is 88.4 cm³/mol. The van der Waals surface area contributed by atoms with Crippen molar-refractivity contribution in [2.24, 2.45) is 16.6 Å². The number of nitrogens with two attached hydrogens (primary N) is 1. The molecule has 4 heteroatoms. The maximum Gasteiger partial charge on any atom is 0.193 e. The van der Waals surface area contributed by atoms with Crippen LogP contribution in [0, 0.1) is 5.92 Å². The summed E-state index contributed by atoms with van der Waals surface area (Å²) < 4.78 is 0. The average molecular weight is 282 g/mol. The van der Waals surface area contributed by atoms with Gasteiger partial charge in [0.05, 0.1) is 0 Å². The van der Waals surface area contributed by atoms with Crippen LogP contribution in [0.15, 0.2) is 59.9 Å². The van der Waals surface area contributed by atoms with E-state index in [4.69, 9.17) is 5.73 Å². The molecular weight excluding hydrogens is 260 g/mol. The Morgan fingerprint density at radius 2 is 1.95 bits per heavy atom. The first-order valence-corrected chi connectivity index (χ1v) is 7.18. The number of benzene rings is 1. The summed E-state index contributed by atoms with van der Waals surface area (Å²) in [6, 6.07) is 13.9. The van der Waals surface area contributed by atoms with Crippen LogP contribution in [-0.2, 0) is 0 Å². The summed E-state index contributed by atoms with van der Waals surface area (Å²) in [5, 5.41) is 3.10. The van der Waals surface area contributed by atoms with Gasteiger partial charge in [-0.15, -0.1) is 0 Å². The molecule has 1 aromatic heterocycles. The van der Waals surface area contributed by atoms with Crippen LogP contribution in [0.1, 0.15) is 25.3 Å². The van der Waals surface area contributed by atoms with Gasteiger partial charge in [0.15, 0.2) is 5.96 Å². The molecular formula is C17H22N4. The molecule has 0 fully saturated rings. The largest absolute Gasteiger partial charge is 0.370 e. The molecule has 0 aliphatic heterocycles. The quantitative estimate of drug-likeness (QED) is 0.653. The highest BCUT2D eigenvalue weighted by atomic mass is 15.1. The normalized spacial score (nSPS) is 13.2. The molecule has 0 spiro atoms. The summed E-state index contributed by atoms with van der Waals surface area (Å²) in [5.41, 5.74) is 8.10. The number of pyridine rings is 1. The Morgan fingerprint density at radius 1 is 1.19 bits per heavy atom. The molecule has 0 saturated carbocycles. The van der Waals surface area contributed by atoms with E-state index in [0.717, 1.165) is 5.69 Å². The van der Waals surface area contributed by atoms with Crippen molar-refractivity contribution in [3.05, 3.63) is 60.4 Å². The first-order chi connectivity index (χ1) is 10.2. The summed E-state index contributed by atoms with van der Waals surface area (Å²) in [6.45, 7) is 5.02. The molecule has 1 atom stereocenters. The van der Waals surface area contributed by atoms with Gasteiger partial charge in [-0.2, -0.15) is 0 Å². The molecule has 2 aromatic rings. The van der Waals surface area contributed by atoms with Gasteiger partial charge in [0.25, 0.3) is 0 Å². The lowest BCUT2D eigenvalue weighted by molar-refractivity contribution is 0.506. The second-order valence-corrected chi connectivity index (χ2v) is 5.35. The Morgan fingerprint density at radius 3 is 2.57 bits per heavy atom. The Labute approximate surface area is 126 Å². The number of rotatable bonds is 5. The highest BCUT2D eigenvalue weighted by molar-refractivity contribution is 5.92. The number of hydrogen-bond donors (Lipinski definition) is 2. The van der Waals surface area contributed by atoms with E-state index in [2.05, 4.69) is 35.2 Å². The molecule has 0 aliphatic rings. The Hall–Kier alpha value is -2.36. The summed E-state index contributed by atoms with van der Waals surface area (Å²) in [4.78, 5) is 8.66. The maximum absolute atomic E-state index is 5.96. The number of aromatic nitrogens is 1. The maximum atomic E-state index is 5.96. The van der Waals surface area contributed by atoms with Crippen molar-refractivity contribution in [3.63, 3.8) is 0 Å². The van der Waals surface area contributed by atoms with Crippen molar-refractivity contribution in [3.8, 4) is 0 Å². The van der Waals surface area contributed by atoms with E-state index < -0.39 is 0 Å². The highest BCUT2D eigenvalue weighted by Gasteiger charge is 2.15. The monoisotopic (exact) mass is 282 g/mol. The zero-order chi connectivity index (χ0) is 15.1. The summed E-state index contributed by atoms with van der Waals surface area (Å²) in [7, 11) is 0. The van der Waals surface area contributed by atoms with Crippen molar-refractivity contribution in [2.45, 2.75) is 19.8 Å². The van der Waals surface area contributed by atoms with Crippen LogP contribution in [0.4, 0.5) is 5.69 Å². The summed E-state index contributed by atoms with van der Waals surface area (Å²) >= 11 is 0. The van der Waals surface area contributed by atoms with Gasteiger partial charge in [0.2, 0.25) is 0 Å². The molecule has 1 aromatic carbocycles. The number of guanidine groups is 1. The van der Waals surface area contributed by atoms with Crippen molar-refractivity contribution in [1.29, 1.82) is 0 Å². The van der Waals surface area contributed by atoms with Crippen LogP contribution >= 0.6 is 0 Å². The van der Waals surface area contributed by atoms with E-state index in [1.807, 2.05) is 42.6 Å². The third-order valence-corrected chi connectivity index (χ3v) is 3.42. The Kier molecular flexibility index (Phi) is 5.32. The van der Waals surface area contributed by atoms with Crippen molar-refractivity contribution < 1.29 is 0 Å². The molecule has 0 bridgehead atoms. The minimum absolute atomic E-state index is 0.315. The van der Waals surface area contributed by atoms with Crippen LogP contribution < -0.4 is 11.1 Å². The fourth-order valence-electron chi connectivity index (χ4n) is 2.20. The van der Waals surface area contributed by atoms with Gasteiger partial charge in [-0.05, 0) is 29.7 Å². The SMILES string of the molecule is CC(C)C(CN=C(N)Nc1ccccc1)c1cccnc1. The van der Waals surface area contributed by atoms with Gasteiger partial charge in [0.1, 0.15) is 0 Å². The molecule has 2 rings (SSSR count). The number of hydrogen-bond acceptors (Lipinski definition) is 2. The first kappa shape index (κ1) is 15.0. The smallest absolute Gasteiger partial charge is 0.193 e. The van der Waals surface area contributed by atoms with Crippen LogP contribution in [0.5, 0.6) is 0 Å². The molecule has 0 aliphatic carbocycles. The molecule has 0 saturated heterocycles. The van der Waals surface area contributed by atoms with Crippen LogP contribution in [0.25, 0.3) is 0 Å². The number of nitrogens with zero attached hydrogens (tertiary/aromatic N) is 2. The molecule has 21 heavy (non-hydrogen) atoms. The highest BCUT2D eigenvalue weighted by Crippen LogP contribution is 2.23. The zero-order valence-electron chi connectivity index (χ0n) is 12.5. The molecule has 1 heterocycles. The van der Waals surface area contributed by atoms with Crippen molar-refractivity contribution >= 4 is 11.6 Å². The van der Waals surface area contributed by atoms with E-state index in [1.54, 1.807) is 6.20 Å². The lowest BCUT2D eigenvalue weighted by Gasteiger charge is -2.19.